The third-order valence-corrected chi connectivity index (χ3v) is 4.01. The molecule has 0 spiro atoms. The summed E-state index contributed by atoms with van der Waals surface area (Å²) in [5.41, 5.74) is -0.606. The molecule has 0 bridgehead atoms. The van der Waals surface area contributed by atoms with Crippen molar-refractivity contribution in [3.05, 3.63) is 0 Å². The molecule has 2 rings (SSSR count). The highest BCUT2D eigenvalue weighted by Gasteiger charge is 2.51. The van der Waals surface area contributed by atoms with Crippen LogP contribution in [0.1, 0.15) is 26.2 Å². The molecule has 0 aliphatic carbocycles. The fourth-order valence-electron chi connectivity index (χ4n) is 2.94. The van der Waals surface area contributed by atoms with Crippen LogP contribution in [0, 0.1) is 0 Å². The number of likely N-dealkylation sites (N-methyl/N-ethyl adjacent to an activating group) is 1. The van der Waals surface area contributed by atoms with Crippen molar-refractivity contribution in [3.63, 3.8) is 0 Å². The number of nitrogens with zero attached hydrogens (tertiary/aromatic N) is 2. The van der Waals surface area contributed by atoms with Crippen molar-refractivity contribution in [3.8, 4) is 0 Å². The molecule has 0 aromatic rings. The van der Waals surface area contributed by atoms with Crippen LogP contribution < -0.4 is 0 Å². The molecule has 0 amide bonds. The van der Waals surface area contributed by atoms with Crippen molar-refractivity contribution in [2.24, 2.45) is 0 Å². The minimum atomic E-state index is -0.638. The van der Waals surface area contributed by atoms with Crippen molar-refractivity contribution in [2.45, 2.75) is 37.8 Å². The van der Waals surface area contributed by atoms with Gasteiger partial charge in [0, 0.05) is 12.6 Å². The van der Waals surface area contributed by atoms with Crippen LogP contribution in [0.3, 0.4) is 0 Å². The minimum absolute atomic E-state index is 0.377. The maximum Gasteiger partial charge on any atom is 0.325 e. The van der Waals surface area contributed by atoms with E-state index in [1.54, 1.807) is 0 Å². The van der Waals surface area contributed by atoms with Crippen molar-refractivity contribution in [1.82, 2.24) is 9.80 Å². The quantitative estimate of drug-likeness (QED) is 0.729. The monoisotopic (exact) mass is 212 g/mol. The molecule has 86 valence electrons. The van der Waals surface area contributed by atoms with Crippen molar-refractivity contribution < 1.29 is 9.90 Å². The first-order chi connectivity index (χ1) is 7.06. The smallest absolute Gasteiger partial charge is 0.325 e. The van der Waals surface area contributed by atoms with Gasteiger partial charge in [-0.25, -0.2) is 0 Å². The van der Waals surface area contributed by atoms with Crippen LogP contribution in [0.15, 0.2) is 0 Å². The number of hydrogen-bond donors (Lipinski definition) is 1. The second-order valence-corrected chi connectivity index (χ2v) is 5.00. The van der Waals surface area contributed by atoms with Gasteiger partial charge in [0.05, 0.1) is 0 Å². The van der Waals surface area contributed by atoms with Gasteiger partial charge in [-0.05, 0) is 46.3 Å². The molecular formula is C11H20N2O2. The summed E-state index contributed by atoms with van der Waals surface area (Å²) in [5.74, 6) is -0.638. The summed E-state index contributed by atoms with van der Waals surface area (Å²) in [6.45, 7) is 4.68. The fraction of sp³-hybridized carbons (Fsp3) is 0.909. The molecule has 2 heterocycles. The highest BCUT2D eigenvalue weighted by atomic mass is 16.4. The minimum Gasteiger partial charge on any atom is -0.480 e. The second-order valence-electron chi connectivity index (χ2n) is 5.00. The van der Waals surface area contributed by atoms with Gasteiger partial charge >= 0.3 is 5.97 Å². The van der Waals surface area contributed by atoms with Crippen LogP contribution in [0.4, 0.5) is 0 Å². The fourth-order valence-corrected chi connectivity index (χ4v) is 2.94. The maximum atomic E-state index is 11.5. The Kier molecular flexibility index (Phi) is 2.73. The summed E-state index contributed by atoms with van der Waals surface area (Å²) < 4.78 is 0. The molecule has 15 heavy (non-hydrogen) atoms. The molecule has 2 aliphatic heterocycles. The summed E-state index contributed by atoms with van der Waals surface area (Å²) >= 11 is 0. The Morgan fingerprint density at radius 3 is 2.40 bits per heavy atom. The molecule has 0 aromatic carbocycles. The number of carboxylic acids is 1. The normalized spacial score (nSPS) is 38.7. The summed E-state index contributed by atoms with van der Waals surface area (Å²) in [6.07, 6.45) is 3.05. The number of hydrogen-bond acceptors (Lipinski definition) is 3. The first-order valence-electron chi connectivity index (χ1n) is 5.75. The van der Waals surface area contributed by atoms with Gasteiger partial charge in [0.15, 0.2) is 0 Å². The second kappa shape index (κ2) is 3.76. The Labute approximate surface area is 90.9 Å². The largest absolute Gasteiger partial charge is 0.480 e. The SMILES string of the molecule is CC1CC(C(=O)O)(N2CCCC2)CN1C. The number of carboxylic acid groups (broad SMARTS) is 1. The Balaban J connectivity index is 2.21. The lowest BCUT2D eigenvalue weighted by Crippen LogP contribution is -2.55. The molecular weight excluding hydrogens is 192 g/mol. The first-order valence-corrected chi connectivity index (χ1v) is 5.75. The number of rotatable bonds is 2. The van der Waals surface area contributed by atoms with Crippen LogP contribution >= 0.6 is 0 Å². The lowest BCUT2D eigenvalue weighted by Gasteiger charge is -2.34. The Bertz CT molecular complexity index is 251. The molecule has 4 nitrogen and oxygen atoms in total. The van der Waals surface area contributed by atoms with Crippen LogP contribution in [-0.4, -0.2) is 59.1 Å². The maximum absolute atomic E-state index is 11.5. The number of carbonyl (C=O) groups is 1. The van der Waals surface area contributed by atoms with E-state index in [2.05, 4.69) is 16.7 Å². The summed E-state index contributed by atoms with van der Waals surface area (Å²) in [6, 6.07) is 0.377. The third-order valence-electron chi connectivity index (χ3n) is 4.01. The first kappa shape index (κ1) is 10.9. The average Bonchev–Trinajstić information content (AvgIpc) is 2.75. The molecule has 2 atom stereocenters. The van der Waals surface area contributed by atoms with Crippen LogP contribution in [-0.2, 0) is 4.79 Å². The molecule has 1 N–H and O–H groups in total. The Morgan fingerprint density at radius 1 is 1.40 bits per heavy atom. The van der Waals surface area contributed by atoms with Gasteiger partial charge in [0.1, 0.15) is 5.54 Å². The summed E-state index contributed by atoms with van der Waals surface area (Å²) in [4.78, 5) is 15.9. The van der Waals surface area contributed by atoms with Gasteiger partial charge in [0.2, 0.25) is 0 Å². The average molecular weight is 212 g/mol. The van der Waals surface area contributed by atoms with E-state index in [0.29, 0.717) is 12.6 Å². The van der Waals surface area contributed by atoms with Crippen molar-refractivity contribution in [2.75, 3.05) is 26.7 Å². The molecule has 2 unspecified atom stereocenters. The predicted octanol–water partition coefficient (Wildman–Crippen LogP) is 0.630. The van der Waals surface area contributed by atoms with Crippen molar-refractivity contribution >= 4 is 5.97 Å². The Morgan fingerprint density at radius 2 is 2.00 bits per heavy atom. The van der Waals surface area contributed by atoms with E-state index in [1.165, 1.54) is 0 Å². The van der Waals surface area contributed by atoms with Crippen LogP contribution in [0.25, 0.3) is 0 Å². The molecule has 2 saturated heterocycles. The topological polar surface area (TPSA) is 43.8 Å². The number of aliphatic carboxylic acids is 1. The highest BCUT2D eigenvalue weighted by Crippen LogP contribution is 2.34. The molecule has 0 radical (unpaired) electrons. The lowest BCUT2D eigenvalue weighted by atomic mass is 9.94. The molecule has 2 fully saturated rings. The van der Waals surface area contributed by atoms with E-state index in [9.17, 15) is 9.90 Å². The van der Waals surface area contributed by atoms with Gasteiger partial charge in [0.25, 0.3) is 0 Å². The van der Waals surface area contributed by atoms with Gasteiger partial charge in [-0.2, -0.15) is 0 Å². The number of likely N-dealkylation sites (tertiary alicyclic amines) is 2. The zero-order chi connectivity index (χ0) is 11.1. The molecule has 0 aromatic heterocycles. The van der Waals surface area contributed by atoms with E-state index in [1.807, 2.05) is 7.05 Å². The summed E-state index contributed by atoms with van der Waals surface area (Å²) in [5, 5.41) is 9.49. The van der Waals surface area contributed by atoms with Crippen LogP contribution in [0.5, 0.6) is 0 Å². The zero-order valence-electron chi connectivity index (χ0n) is 9.57. The molecule has 0 saturated carbocycles. The van der Waals surface area contributed by atoms with Gasteiger partial charge in [-0.1, -0.05) is 0 Å². The molecule has 4 heteroatoms. The van der Waals surface area contributed by atoms with E-state index >= 15 is 0 Å². The van der Waals surface area contributed by atoms with Crippen molar-refractivity contribution in [1.29, 1.82) is 0 Å². The standard InChI is InChI=1S/C11H20N2O2/c1-9-7-11(10(14)15,8-12(9)2)13-5-3-4-6-13/h9H,3-8H2,1-2H3,(H,14,15). The van der Waals surface area contributed by atoms with Gasteiger partial charge in [-0.15, -0.1) is 0 Å². The summed E-state index contributed by atoms with van der Waals surface area (Å²) in [7, 11) is 2.02. The van der Waals surface area contributed by atoms with Gasteiger partial charge in [-0.3, -0.25) is 9.69 Å². The zero-order valence-corrected chi connectivity index (χ0v) is 9.57. The van der Waals surface area contributed by atoms with Crippen LogP contribution in [0.2, 0.25) is 0 Å². The highest BCUT2D eigenvalue weighted by molar-refractivity contribution is 5.80. The lowest BCUT2D eigenvalue weighted by molar-refractivity contribution is -0.150. The Hall–Kier alpha value is -0.610. The van der Waals surface area contributed by atoms with Gasteiger partial charge < -0.3 is 10.0 Å². The van der Waals surface area contributed by atoms with E-state index in [4.69, 9.17) is 0 Å². The molecule has 2 aliphatic rings. The van der Waals surface area contributed by atoms with E-state index in [0.717, 1.165) is 32.4 Å². The van der Waals surface area contributed by atoms with E-state index in [-0.39, 0.29) is 0 Å². The predicted molar refractivity (Wildman–Crippen MR) is 57.9 cm³/mol. The third kappa shape index (κ3) is 1.66. The van der Waals surface area contributed by atoms with E-state index < -0.39 is 11.5 Å².